The number of carbonyl (C=O) groups is 2. The lowest BCUT2D eigenvalue weighted by molar-refractivity contribution is 0.0516. The van der Waals surface area contributed by atoms with Crippen molar-refractivity contribution in [1.82, 2.24) is 40.5 Å². The number of amides is 4. The minimum atomic E-state index is -3.77. The molecule has 2 heterocycles. The Morgan fingerprint density at radius 3 is 1.18 bits per heavy atom. The Morgan fingerprint density at radius 1 is 0.451 bits per heavy atom. The van der Waals surface area contributed by atoms with Gasteiger partial charge < -0.3 is 49.7 Å². The van der Waals surface area contributed by atoms with Crippen molar-refractivity contribution >= 4 is 55.3 Å². The molecule has 2 fully saturated rings. The lowest BCUT2D eigenvalue weighted by Gasteiger charge is -2.35. The van der Waals surface area contributed by atoms with E-state index in [2.05, 4.69) is 52.6 Å². The highest BCUT2D eigenvalue weighted by atomic mass is 35.5. The molecule has 6 N–H and O–H groups in total. The van der Waals surface area contributed by atoms with Crippen LogP contribution in [0, 0.1) is 0 Å². The van der Waals surface area contributed by atoms with Gasteiger partial charge in [0.05, 0.1) is 74.7 Å². The number of unbranched alkanes of at least 4 members (excludes halogenated alkanes) is 1. The summed E-state index contributed by atoms with van der Waals surface area (Å²) in [6.07, 6.45) is 9.85. The molecule has 0 saturated carbocycles. The second kappa shape index (κ2) is 32.5. The summed E-state index contributed by atoms with van der Waals surface area (Å²) in [5.74, 6) is 1.19. The fraction of sp³-hybridized carbons (Fsp3) is 0.552. The molecule has 4 aromatic rings. The van der Waals surface area contributed by atoms with Gasteiger partial charge in [-0.1, -0.05) is 48.2 Å². The summed E-state index contributed by atoms with van der Waals surface area (Å²) in [4.78, 5) is 29.6. The maximum absolute atomic E-state index is 13.0. The van der Waals surface area contributed by atoms with Crippen LogP contribution in [-0.2, 0) is 51.8 Å². The van der Waals surface area contributed by atoms with Crippen LogP contribution in [0.15, 0.2) is 94.7 Å². The number of hydrogen-bond donors (Lipinski definition) is 6. The van der Waals surface area contributed by atoms with Crippen molar-refractivity contribution in [3.63, 3.8) is 0 Å². The van der Waals surface area contributed by atoms with Gasteiger partial charge in [0.25, 0.3) is 0 Å². The number of hydrogen-bond acceptors (Lipinski definition) is 14. The van der Waals surface area contributed by atoms with Crippen LogP contribution in [-0.4, -0.2) is 169 Å². The van der Waals surface area contributed by atoms with E-state index in [-0.39, 0.29) is 112 Å². The van der Waals surface area contributed by atoms with Gasteiger partial charge in [0.1, 0.15) is 23.7 Å². The Hall–Kier alpha value is -4.82. The van der Waals surface area contributed by atoms with Gasteiger partial charge in [-0.3, -0.25) is 9.80 Å². The van der Waals surface area contributed by atoms with Gasteiger partial charge in [0.2, 0.25) is 20.0 Å². The first kappa shape index (κ1) is 63.2. The van der Waals surface area contributed by atoms with Crippen molar-refractivity contribution in [3.05, 3.63) is 117 Å². The van der Waals surface area contributed by atoms with Gasteiger partial charge in [0, 0.05) is 49.3 Å². The topological polar surface area (TPSA) is 236 Å². The molecule has 450 valence electrons. The van der Waals surface area contributed by atoms with Crippen LogP contribution in [0.3, 0.4) is 0 Å². The van der Waals surface area contributed by atoms with Crippen molar-refractivity contribution in [2.24, 2.45) is 0 Å². The number of urea groups is 2. The van der Waals surface area contributed by atoms with Gasteiger partial charge in [-0.25, -0.2) is 35.9 Å². The summed E-state index contributed by atoms with van der Waals surface area (Å²) in [6, 6.07) is 24.7. The molecule has 2 saturated heterocycles. The maximum Gasteiger partial charge on any atom is 0.314 e. The summed E-state index contributed by atoms with van der Waals surface area (Å²) in [5.41, 5.74) is 4.63. The Kier molecular flexibility index (Phi) is 25.0. The monoisotopic (exact) mass is 1210 g/mol. The van der Waals surface area contributed by atoms with Gasteiger partial charge in [-0.2, -0.15) is 0 Å². The van der Waals surface area contributed by atoms with Gasteiger partial charge >= 0.3 is 12.1 Å². The number of ether oxygens (including phenoxy) is 6. The van der Waals surface area contributed by atoms with E-state index in [9.17, 15) is 26.4 Å². The molecule has 0 bridgehead atoms. The number of nitrogens with one attached hydrogen (secondary N) is 6. The largest absolute Gasteiger partial charge is 0.484 e. The third kappa shape index (κ3) is 19.4. The number of fused-ring (bicyclic) bond motifs is 2. The molecule has 4 unspecified atom stereocenters. The molecule has 20 nitrogen and oxygen atoms in total. The van der Waals surface area contributed by atoms with E-state index in [4.69, 9.17) is 51.6 Å². The van der Waals surface area contributed by atoms with Crippen LogP contribution in [0.4, 0.5) is 9.59 Å². The molecule has 2 aliphatic heterocycles. The fourth-order valence-corrected chi connectivity index (χ4v) is 13.2. The highest BCUT2D eigenvalue weighted by molar-refractivity contribution is 7.89. The third-order valence-electron chi connectivity index (χ3n) is 15.0. The average molecular weight is 1220 g/mol. The predicted molar refractivity (Wildman–Crippen MR) is 314 cm³/mol. The van der Waals surface area contributed by atoms with Crippen molar-refractivity contribution in [1.29, 1.82) is 0 Å². The minimum Gasteiger partial charge on any atom is -0.484 e. The van der Waals surface area contributed by atoms with E-state index in [0.29, 0.717) is 60.6 Å². The Balaban J connectivity index is 0.570. The van der Waals surface area contributed by atoms with E-state index >= 15 is 0 Å². The number of halogens is 2. The molecule has 4 aromatic carbocycles. The molecule has 0 radical (unpaired) electrons. The lowest BCUT2D eigenvalue weighted by Crippen LogP contribution is -2.43. The first-order valence-corrected chi connectivity index (χ1v) is 32.5. The Labute approximate surface area is 493 Å². The maximum atomic E-state index is 13.0. The number of rotatable bonds is 33. The van der Waals surface area contributed by atoms with Crippen LogP contribution in [0.1, 0.15) is 85.8 Å². The molecule has 24 heteroatoms. The molecule has 8 rings (SSSR count). The summed E-state index contributed by atoms with van der Waals surface area (Å²) in [7, 11) is -7.53. The highest BCUT2D eigenvalue weighted by Gasteiger charge is 2.40. The van der Waals surface area contributed by atoms with Crippen LogP contribution in [0.2, 0.25) is 10.0 Å². The number of nitrogens with zero attached hydrogens (tertiary/aromatic N) is 2. The first-order valence-electron chi connectivity index (χ1n) is 28.7. The Bertz CT molecular complexity index is 2670. The lowest BCUT2D eigenvalue weighted by atomic mass is 10.0. The normalized spacial score (nSPS) is 19.3. The first-order chi connectivity index (χ1) is 39.8. The molecule has 4 aliphatic rings. The van der Waals surface area contributed by atoms with E-state index in [1.165, 1.54) is 49.7 Å². The van der Waals surface area contributed by atoms with Crippen molar-refractivity contribution < 1.29 is 54.8 Å². The summed E-state index contributed by atoms with van der Waals surface area (Å²) < 4.78 is 92.3. The molecule has 4 amide bonds. The standard InChI is InChI=1S/C58H80Cl2N8O12S2/c59-45-11-9-43-39-53(67-27-5-1-6-28-67)55(51(43)41-45)79-47-13-17-49(18-14-47)81(71,72)65-25-33-77-37-35-75-31-23-63-57(69)61-21-3-4-22-62-58(70)64-24-32-76-36-38-78-34-26-66-82(73,74)50-19-15-48(16-20-50)80-56-52-42-46(60)12-10-44(52)40-54(56)68-29-7-2-8-30-68/h9-20,41-42,53-56,65-66H,1-8,21-40H2,(H2,61,63,69)(H2,62,64,70). The molecule has 0 spiro atoms. The fourth-order valence-electron chi connectivity index (χ4n) is 10.8. The second-order valence-corrected chi connectivity index (χ2v) is 25.2. The van der Waals surface area contributed by atoms with Crippen LogP contribution >= 0.6 is 23.2 Å². The summed E-state index contributed by atoms with van der Waals surface area (Å²) in [5, 5.41) is 12.3. The van der Waals surface area contributed by atoms with Crippen LogP contribution < -0.4 is 40.2 Å². The van der Waals surface area contributed by atoms with Crippen molar-refractivity contribution in [2.45, 2.75) is 98.3 Å². The molecule has 4 atom stereocenters. The zero-order chi connectivity index (χ0) is 57.6. The zero-order valence-electron chi connectivity index (χ0n) is 46.6. The summed E-state index contributed by atoms with van der Waals surface area (Å²) in [6.45, 7) is 7.66. The number of likely N-dealkylation sites (tertiary alicyclic amines) is 2. The third-order valence-corrected chi connectivity index (χ3v) is 18.4. The van der Waals surface area contributed by atoms with Gasteiger partial charge in [-0.05, 0) is 173 Å². The molecule has 0 aromatic heterocycles. The smallest absolute Gasteiger partial charge is 0.314 e. The minimum absolute atomic E-state index is 0.0843. The second-order valence-electron chi connectivity index (χ2n) is 20.8. The number of benzene rings is 4. The SMILES string of the molecule is O=C(NCCCCNC(=O)NCCOCCOCCNS(=O)(=O)c1ccc(OC2c3cc(Cl)ccc3CC2N2CCCCC2)cc1)NCCOCCOCCNS(=O)(=O)c1ccc(OC2c3cc(Cl)ccc3CC2N2CCCCC2)cc1. The summed E-state index contributed by atoms with van der Waals surface area (Å²) >= 11 is 12.8. The molecular weight excluding hydrogens is 1140 g/mol. The number of sulfonamides is 2. The molecule has 82 heavy (non-hydrogen) atoms. The molecule has 2 aliphatic carbocycles. The van der Waals surface area contributed by atoms with Gasteiger partial charge in [0.15, 0.2) is 0 Å². The van der Waals surface area contributed by atoms with E-state index in [1.54, 1.807) is 48.5 Å². The van der Waals surface area contributed by atoms with Gasteiger partial charge in [-0.15, -0.1) is 0 Å². The van der Waals surface area contributed by atoms with Crippen molar-refractivity contribution in [2.75, 3.05) is 118 Å². The number of carbonyl (C=O) groups excluding carboxylic acids is 2. The number of piperidine rings is 2. The average Bonchev–Trinajstić information content (AvgIpc) is 4.25. The van der Waals surface area contributed by atoms with Crippen LogP contribution in [0.5, 0.6) is 11.5 Å². The van der Waals surface area contributed by atoms with E-state index in [0.717, 1.165) is 50.1 Å². The van der Waals surface area contributed by atoms with E-state index < -0.39 is 20.0 Å². The quantitative estimate of drug-likeness (QED) is 0.0271. The predicted octanol–water partition coefficient (Wildman–Crippen LogP) is 6.76. The molecular formula is C58H80Cl2N8O12S2. The van der Waals surface area contributed by atoms with Crippen LogP contribution in [0.25, 0.3) is 0 Å². The Morgan fingerprint density at radius 2 is 0.805 bits per heavy atom. The van der Waals surface area contributed by atoms with E-state index in [1.807, 2.05) is 24.3 Å². The highest BCUT2D eigenvalue weighted by Crippen LogP contribution is 2.42. The van der Waals surface area contributed by atoms with Crippen molar-refractivity contribution in [3.8, 4) is 11.5 Å². The zero-order valence-corrected chi connectivity index (χ0v) is 49.7.